The predicted molar refractivity (Wildman–Crippen MR) is 109 cm³/mol. The number of anilines is 1. The van der Waals surface area contributed by atoms with E-state index in [1.54, 1.807) is 17.2 Å². The van der Waals surface area contributed by atoms with Crippen LogP contribution in [-0.4, -0.2) is 38.7 Å². The fourth-order valence-electron chi connectivity index (χ4n) is 3.72. The summed E-state index contributed by atoms with van der Waals surface area (Å²) < 4.78 is 1.66. The van der Waals surface area contributed by atoms with Crippen molar-refractivity contribution in [3.8, 4) is 0 Å². The molecule has 1 fully saturated rings. The van der Waals surface area contributed by atoms with Crippen molar-refractivity contribution >= 4 is 22.8 Å². The molecule has 1 amide bonds. The van der Waals surface area contributed by atoms with Crippen molar-refractivity contribution in [3.05, 3.63) is 47.9 Å². The molecule has 28 heavy (non-hydrogen) atoms. The molecule has 0 saturated carbocycles. The number of nitrogens with one attached hydrogen (secondary N) is 1. The second kappa shape index (κ2) is 8.37. The maximum atomic E-state index is 12.4. The summed E-state index contributed by atoms with van der Waals surface area (Å²) in [4.78, 5) is 23.7. The largest absolute Gasteiger partial charge is 0.356 e. The van der Waals surface area contributed by atoms with Crippen molar-refractivity contribution in [1.82, 2.24) is 25.1 Å². The van der Waals surface area contributed by atoms with Crippen molar-refractivity contribution in [2.24, 2.45) is 0 Å². The van der Waals surface area contributed by atoms with Crippen LogP contribution in [0.15, 0.2) is 36.8 Å². The van der Waals surface area contributed by atoms with Crippen LogP contribution in [0.4, 0.5) is 5.82 Å². The lowest BCUT2D eigenvalue weighted by Crippen LogP contribution is -2.28. The standard InChI is InChI=1S/C21H26N6O/c1-16-8-4-5-9-17(16)12-22-19(28)14-27-21-18(13-25-27)20(23-15-24-21)26-10-6-2-3-7-11-26/h4-5,8-9,13,15H,2-3,6-7,10-12,14H2,1H3,(H,22,28). The normalized spacial score (nSPS) is 14.8. The van der Waals surface area contributed by atoms with Gasteiger partial charge >= 0.3 is 0 Å². The third-order valence-electron chi connectivity index (χ3n) is 5.35. The Morgan fingerprint density at radius 2 is 1.89 bits per heavy atom. The Morgan fingerprint density at radius 3 is 2.68 bits per heavy atom. The quantitative estimate of drug-likeness (QED) is 0.739. The van der Waals surface area contributed by atoms with E-state index in [1.165, 1.54) is 31.2 Å². The first-order valence-electron chi connectivity index (χ1n) is 9.95. The van der Waals surface area contributed by atoms with E-state index >= 15 is 0 Å². The average molecular weight is 378 g/mol. The second-order valence-electron chi connectivity index (χ2n) is 7.34. The van der Waals surface area contributed by atoms with Crippen LogP contribution in [-0.2, 0) is 17.9 Å². The second-order valence-corrected chi connectivity index (χ2v) is 7.34. The van der Waals surface area contributed by atoms with E-state index < -0.39 is 0 Å². The molecule has 1 N–H and O–H groups in total. The number of carbonyl (C=O) groups is 1. The van der Waals surface area contributed by atoms with Crippen molar-refractivity contribution in [3.63, 3.8) is 0 Å². The fourth-order valence-corrected chi connectivity index (χ4v) is 3.72. The monoisotopic (exact) mass is 378 g/mol. The fraction of sp³-hybridized carbons (Fsp3) is 0.429. The van der Waals surface area contributed by atoms with Gasteiger partial charge in [-0.3, -0.25) is 4.79 Å². The smallest absolute Gasteiger partial charge is 0.242 e. The lowest BCUT2D eigenvalue weighted by atomic mass is 10.1. The molecule has 0 atom stereocenters. The SMILES string of the molecule is Cc1ccccc1CNC(=O)Cn1ncc2c(N3CCCCCC3)ncnc21. The van der Waals surface area contributed by atoms with Crippen molar-refractivity contribution < 1.29 is 4.79 Å². The number of aromatic nitrogens is 4. The molecule has 1 aromatic carbocycles. The van der Waals surface area contributed by atoms with Crippen LogP contribution in [0.25, 0.3) is 11.0 Å². The van der Waals surface area contributed by atoms with Gasteiger partial charge in [-0.15, -0.1) is 0 Å². The molecule has 146 valence electrons. The van der Waals surface area contributed by atoms with E-state index in [-0.39, 0.29) is 12.5 Å². The summed E-state index contributed by atoms with van der Waals surface area (Å²) >= 11 is 0. The van der Waals surface area contributed by atoms with Crippen LogP contribution in [0.2, 0.25) is 0 Å². The highest BCUT2D eigenvalue weighted by Gasteiger charge is 2.18. The van der Waals surface area contributed by atoms with Gasteiger partial charge in [-0.05, 0) is 30.9 Å². The van der Waals surface area contributed by atoms with Gasteiger partial charge in [0, 0.05) is 19.6 Å². The van der Waals surface area contributed by atoms with Crippen LogP contribution in [0.5, 0.6) is 0 Å². The first-order chi connectivity index (χ1) is 13.7. The molecule has 7 nitrogen and oxygen atoms in total. The Kier molecular flexibility index (Phi) is 5.50. The third-order valence-corrected chi connectivity index (χ3v) is 5.35. The van der Waals surface area contributed by atoms with E-state index in [0.717, 1.165) is 29.9 Å². The summed E-state index contributed by atoms with van der Waals surface area (Å²) in [6.45, 7) is 4.72. The molecule has 1 saturated heterocycles. The predicted octanol–water partition coefficient (Wildman–Crippen LogP) is 2.83. The Bertz CT molecular complexity index is 958. The number of aryl methyl sites for hydroxylation is 1. The number of rotatable bonds is 5. The van der Waals surface area contributed by atoms with E-state index in [1.807, 2.05) is 31.2 Å². The lowest BCUT2D eigenvalue weighted by molar-refractivity contribution is -0.121. The number of nitrogens with zero attached hydrogens (tertiary/aromatic N) is 5. The zero-order valence-electron chi connectivity index (χ0n) is 16.3. The molecule has 3 heterocycles. The van der Waals surface area contributed by atoms with Gasteiger partial charge < -0.3 is 10.2 Å². The summed E-state index contributed by atoms with van der Waals surface area (Å²) in [6.07, 6.45) is 8.26. The first kappa shape index (κ1) is 18.4. The molecule has 2 aromatic heterocycles. The molecule has 1 aliphatic rings. The summed E-state index contributed by atoms with van der Waals surface area (Å²) in [6, 6.07) is 8.05. The molecule has 3 aromatic rings. The van der Waals surface area contributed by atoms with Gasteiger partial charge in [0.05, 0.1) is 11.6 Å². The maximum Gasteiger partial charge on any atom is 0.242 e. The highest BCUT2D eigenvalue weighted by atomic mass is 16.2. The molecule has 4 rings (SSSR count). The van der Waals surface area contributed by atoms with E-state index in [0.29, 0.717) is 12.2 Å². The maximum absolute atomic E-state index is 12.4. The van der Waals surface area contributed by atoms with Gasteiger partial charge in [0.25, 0.3) is 0 Å². The first-order valence-corrected chi connectivity index (χ1v) is 9.95. The number of fused-ring (bicyclic) bond motifs is 1. The van der Waals surface area contributed by atoms with Gasteiger partial charge in [-0.1, -0.05) is 37.1 Å². The van der Waals surface area contributed by atoms with Gasteiger partial charge in [0.15, 0.2) is 5.65 Å². The number of hydrogen-bond donors (Lipinski definition) is 1. The topological polar surface area (TPSA) is 75.9 Å². The Morgan fingerprint density at radius 1 is 1.11 bits per heavy atom. The minimum Gasteiger partial charge on any atom is -0.356 e. The minimum atomic E-state index is -0.0804. The molecule has 0 unspecified atom stereocenters. The Balaban J connectivity index is 1.48. The number of benzene rings is 1. The van der Waals surface area contributed by atoms with Crippen LogP contribution < -0.4 is 10.2 Å². The van der Waals surface area contributed by atoms with Crippen LogP contribution >= 0.6 is 0 Å². The molecule has 0 aliphatic carbocycles. The number of carbonyl (C=O) groups excluding carboxylic acids is 1. The molecular weight excluding hydrogens is 352 g/mol. The summed E-state index contributed by atoms with van der Waals surface area (Å²) in [7, 11) is 0. The van der Waals surface area contributed by atoms with Crippen molar-refractivity contribution in [2.75, 3.05) is 18.0 Å². The van der Waals surface area contributed by atoms with E-state index in [4.69, 9.17) is 0 Å². The summed E-state index contributed by atoms with van der Waals surface area (Å²) in [5, 5.41) is 8.30. The van der Waals surface area contributed by atoms with Crippen LogP contribution in [0, 0.1) is 6.92 Å². The zero-order chi connectivity index (χ0) is 19.3. The van der Waals surface area contributed by atoms with Gasteiger partial charge in [-0.25, -0.2) is 14.6 Å². The number of amides is 1. The zero-order valence-corrected chi connectivity index (χ0v) is 16.3. The van der Waals surface area contributed by atoms with E-state index in [9.17, 15) is 4.79 Å². The minimum absolute atomic E-state index is 0.0804. The van der Waals surface area contributed by atoms with Gasteiger partial charge in [0.2, 0.25) is 5.91 Å². The third kappa shape index (κ3) is 3.98. The molecular formula is C21H26N6O. The van der Waals surface area contributed by atoms with Gasteiger partial charge in [0.1, 0.15) is 18.7 Å². The van der Waals surface area contributed by atoms with Crippen molar-refractivity contribution in [1.29, 1.82) is 0 Å². The Hall–Kier alpha value is -2.96. The molecule has 0 radical (unpaired) electrons. The molecule has 1 aliphatic heterocycles. The highest BCUT2D eigenvalue weighted by molar-refractivity contribution is 5.87. The van der Waals surface area contributed by atoms with Gasteiger partial charge in [-0.2, -0.15) is 5.10 Å². The summed E-state index contributed by atoms with van der Waals surface area (Å²) in [5.41, 5.74) is 2.99. The highest BCUT2D eigenvalue weighted by Crippen LogP contribution is 2.25. The average Bonchev–Trinajstić information content (AvgIpc) is 2.93. The Labute approximate surface area is 164 Å². The van der Waals surface area contributed by atoms with Crippen LogP contribution in [0.1, 0.15) is 36.8 Å². The molecule has 0 bridgehead atoms. The lowest BCUT2D eigenvalue weighted by Gasteiger charge is -2.21. The molecule has 7 heteroatoms. The van der Waals surface area contributed by atoms with E-state index in [2.05, 4.69) is 25.3 Å². The van der Waals surface area contributed by atoms with Crippen molar-refractivity contribution in [2.45, 2.75) is 45.7 Å². The molecule has 0 spiro atoms. The van der Waals surface area contributed by atoms with Crippen LogP contribution in [0.3, 0.4) is 0 Å². The number of hydrogen-bond acceptors (Lipinski definition) is 5. The summed E-state index contributed by atoms with van der Waals surface area (Å²) in [5.74, 6) is 0.849.